The molecule has 1 rings (SSSR count). The maximum Gasteiger partial charge on any atom is 0.339 e. The minimum Gasteiger partial charge on any atom is -0.160 e. The van der Waals surface area contributed by atoms with Gasteiger partial charge in [0.2, 0.25) is 0 Å². The molecule has 0 bridgehead atoms. The van der Waals surface area contributed by atoms with Gasteiger partial charge in [-0.2, -0.15) is 13.8 Å². The van der Waals surface area contributed by atoms with Crippen LogP contribution in [0.5, 0.6) is 0 Å². The van der Waals surface area contributed by atoms with Gasteiger partial charge >= 0.3 is 12.2 Å². The summed E-state index contributed by atoms with van der Waals surface area (Å²) in [6.45, 7) is 0. The molecule has 8 heavy (non-hydrogen) atoms. The van der Waals surface area contributed by atoms with Crippen molar-refractivity contribution < 1.29 is 13.3 Å². The van der Waals surface area contributed by atoms with Gasteiger partial charge in [-0.25, -0.2) is 0 Å². The first-order valence-corrected chi connectivity index (χ1v) is 1.64. The predicted molar refractivity (Wildman–Crippen MR) is 16.4 cm³/mol. The number of rotatable bonds is 0. The van der Waals surface area contributed by atoms with Crippen LogP contribution in [0.1, 0.15) is 0 Å². The molecular formula is C2F3N3. The highest BCUT2D eigenvalue weighted by atomic mass is 19.2. The number of hydrogen-bond donors (Lipinski definition) is 0. The van der Waals surface area contributed by atoms with Crippen molar-refractivity contribution in [1.82, 2.24) is 15.0 Å². The van der Waals surface area contributed by atoms with Crippen LogP contribution in [0, 0.1) is 12.2 Å². The Morgan fingerprint density at radius 3 is 2.12 bits per heavy atom. The summed E-state index contributed by atoms with van der Waals surface area (Å²) >= 11 is 0. The summed E-state index contributed by atoms with van der Waals surface area (Å²) in [5, 5.41) is 2.31. The van der Waals surface area contributed by atoms with Crippen LogP contribution in [-0.4, -0.2) is 15.0 Å². The van der Waals surface area contributed by atoms with E-state index in [1.165, 1.54) is 0 Å². The van der Waals surface area contributed by atoms with Gasteiger partial charge in [-0.15, -0.1) is 0 Å². The fourth-order valence-corrected chi connectivity index (χ4v) is 0.253. The van der Waals surface area contributed by atoms with E-state index in [2.05, 4.69) is 10.1 Å². The quantitative estimate of drug-likeness (QED) is 0.496. The Bertz CT molecular complexity index is 175. The molecule has 0 aliphatic rings. The van der Waals surface area contributed by atoms with Crippen LogP contribution in [0.2, 0.25) is 0 Å². The van der Waals surface area contributed by atoms with Gasteiger partial charge in [0.05, 0.1) is 0 Å². The van der Waals surface area contributed by atoms with Crippen molar-refractivity contribution in [2.75, 3.05) is 0 Å². The SMILES string of the molecule is Fc1nc(F)n(F)n1. The minimum absolute atomic E-state index is 0.782. The molecule has 0 radical (unpaired) electrons. The molecule has 0 amide bonds. The number of nitrogens with zero attached hydrogens (tertiary/aromatic N) is 3. The van der Waals surface area contributed by atoms with Crippen molar-refractivity contribution in [3.8, 4) is 0 Å². The van der Waals surface area contributed by atoms with Crippen molar-refractivity contribution in [3.63, 3.8) is 0 Å². The van der Waals surface area contributed by atoms with E-state index >= 15 is 0 Å². The highest BCUT2D eigenvalue weighted by Crippen LogP contribution is 1.92. The zero-order chi connectivity index (χ0) is 6.15. The molecule has 0 saturated carbocycles. The highest BCUT2D eigenvalue weighted by molar-refractivity contribution is 4.58. The lowest BCUT2D eigenvalue weighted by molar-refractivity contribution is 0.244. The third kappa shape index (κ3) is 0.637. The standard InChI is InChI=1S/C2F3N3/c3-1-6-2(4)8(5)7-1. The lowest BCUT2D eigenvalue weighted by Crippen LogP contribution is -1.87. The monoisotopic (exact) mass is 123 g/mol. The topological polar surface area (TPSA) is 30.7 Å². The Kier molecular flexibility index (Phi) is 0.927. The van der Waals surface area contributed by atoms with Gasteiger partial charge < -0.3 is 0 Å². The molecule has 0 aromatic carbocycles. The highest BCUT2D eigenvalue weighted by Gasteiger charge is 2.05. The Morgan fingerprint density at radius 2 is 2.00 bits per heavy atom. The molecule has 0 N–H and O–H groups in total. The molecule has 1 aromatic heterocycles. The van der Waals surface area contributed by atoms with Gasteiger partial charge in [0, 0.05) is 0 Å². The summed E-state index contributed by atoms with van der Waals surface area (Å²) in [7, 11) is 0. The summed E-state index contributed by atoms with van der Waals surface area (Å²) in [4.78, 5) is 1.57. The van der Waals surface area contributed by atoms with Gasteiger partial charge in [0.25, 0.3) is 0 Å². The molecule has 3 nitrogen and oxygen atoms in total. The van der Waals surface area contributed by atoms with Crippen LogP contribution in [-0.2, 0) is 0 Å². The van der Waals surface area contributed by atoms with Crippen LogP contribution in [0.15, 0.2) is 0 Å². The third-order valence-electron chi connectivity index (χ3n) is 0.507. The molecule has 0 spiro atoms. The van der Waals surface area contributed by atoms with E-state index in [1.807, 2.05) is 0 Å². The average molecular weight is 123 g/mol. The van der Waals surface area contributed by atoms with Crippen LogP contribution in [0.3, 0.4) is 0 Å². The van der Waals surface area contributed by atoms with Crippen LogP contribution < -0.4 is 0 Å². The second-order valence-electron chi connectivity index (χ2n) is 1.01. The molecule has 6 heteroatoms. The smallest absolute Gasteiger partial charge is 0.160 e. The first kappa shape index (κ1) is 5.07. The van der Waals surface area contributed by atoms with E-state index in [0.717, 1.165) is 0 Å². The molecule has 44 valence electrons. The minimum atomic E-state index is -1.58. The molecule has 1 heterocycles. The first-order chi connectivity index (χ1) is 3.70. The summed E-state index contributed by atoms with van der Waals surface area (Å²) in [5.41, 5.74) is 0. The van der Waals surface area contributed by atoms with E-state index in [4.69, 9.17) is 0 Å². The van der Waals surface area contributed by atoms with Crippen molar-refractivity contribution in [2.45, 2.75) is 0 Å². The van der Waals surface area contributed by atoms with Gasteiger partial charge in [-0.3, -0.25) is 0 Å². The Hall–Kier alpha value is -1.07. The number of aromatic nitrogens is 3. The fourth-order valence-electron chi connectivity index (χ4n) is 0.253. The largest absolute Gasteiger partial charge is 0.339 e. The van der Waals surface area contributed by atoms with Crippen molar-refractivity contribution in [1.29, 1.82) is 0 Å². The number of halogens is 3. The normalized spacial score (nSPS) is 9.88. The maximum atomic E-state index is 11.5. The molecule has 0 unspecified atom stereocenters. The predicted octanol–water partition coefficient (Wildman–Crippen LogP) is 0.289. The van der Waals surface area contributed by atoms with Gasteiger partial charge in [-0.1, -0.05) is 9.58 Å². The maximum absolute atomic E-state index is 11.5. The molecule has 0 aliphatic carbocycles. The van der Waals surface area contributed by atoms with E-state index in [1.54, 1.807) is 0 Å². The van der Waals surface area contributed by atoms with E-state index < -0.39 is 17.1 Å². The molecule has 0 aliphatic heterocycles. The third-order valence-corrected chi connectivity index (χ3v) is 0.507. The second kappa shape index (κ2) is 1.46. The van der Waals surface area contributed by atoms with E-state index in [9.17, 15) is 13.3 Å². The van der Waals surface area contributed by atoms with Crippen LogP contribution in [0.25, 0.3) is 0 Å². The van der Waals surface area contributed by atoms with Crippen molar-refractivity contribution >= 4 is 0 Å². The fraction of sp³-hybridized carbons (Fsp3) is 0. The average Bonchev–Trinajstić information content (AvgIpc) is 1.85. The molecule has 0 atom stereocenters. The lowest BCUT2D eigenvalue weighted by atomic mass is 11.2. The second-order valence-corrected chi connectivity index (χ2v) is 1.01. The van der Waals surface area contributed by atoms with E-state index in [-0.39, 0.29) is 0 Å². The summed E-state index contributed by atoms with van der Waals surface area (Å²) in [5.74, 6) is 0. The zero-order valence-electron chi connectivity index (χ0n) is 3.48. The molecular weight excluding hydrogens is 123 g/mol. The summed E-state index contributed by atoms with van der Waals surface area (Å²) < 4.78 is 34.4. The number of hydrogen-bond acceptors (Lipinski definition) is 2. The molecule has 1 aromatic rings. The van der Waals surface area contributed by atoms with Crippen LogP contribution >= 0.6 is 0 Å². The Labute approximate surface area is 41.7 Å². The zero-order valence-corrected chi connectivity index (χ0v) is 3.48. The Morgan fingerprint density at radius 1 is 1.38 bits per heavy atom. The van der Waals surface area contributed by atoms with Crippen molar-refractivity contribution in [3.05, 3.63) is 12.2 Å². The molecule has 0 fully saturated rings. The lowest BCUT2D eigenvalue weighted by Gasteiger charge is -1.73. The van der Waals surface area contributed by atoms with Gasteiger partial charge in [0.15, 0.2) is 0 Å². The summed E-state index contributed by atoms with van der Waals surface area (Å²) in [6.07, 6.45) is -2.99. The Balaban J connectivity index is 3.14. The van der Waals surface area contributed by atoms with Crippen molar-refractivity contribution in [2.24, 2.45) is 0 Å². The van der Waals surface area contributed by atoms with Gasteiger partial charge in [-0.05, 0) is 4.90 Å². The summed E-state index contributed by atoms with van der Waals surface area (Å²) in [6, 6.07) is 0. The van der Waals surface area contributed by atoms with E-state index in [0.29, 0.717) is 0 Å². The first-order valence-electron chi connectivity index (χ1n) is 1.64. The molecule has 0 saturated heterocycles. The van der Waals surface area contributed by atoms with Crippen LogP contribution in [0.4, 0.5) is 13.3 Å². The van der Waals surface area contributed by atoms with Gasteiger partial charge in [0.1, 0.15) is 0 Å².